The summed E-state index contributed by atoms with van der Waals surface area (Å²) in [5.74, 6) is 0. The fraction of sp³-hybridized carbons (Fsp3) is 0.438. The molecule has 1 aromatic carbocycles. The van der Waals surface area contributed by atoms with Crippen LogP contribution in [0, 0.1) is 6.67 Å². The summed E-state index contributed by atoms with van der Waals surface area (Å²) in [5.41, 5.74) is 1.41. The van der Waals surface area contributed by atoms with E-state index in [9.17, 15) is 0 Å². The van der Waals surface area contributed by atoms with Crippen molar-refractivity contribution in [2.45, 2.75) is 25.4 Å². The van der Waals surface area contributed by atoms with Crippen molar-refractivity contribution in [2.75, 3.05) is 20.1 Å². The van der Waals surface area contributed by atoms with E-state index in [1.54, 1.807) is 0 Å². The Hall–Kier alpha value is -1.48. The van der Waals surface area contributed by atoms with E-state index in [-0.39, 0.29) is 0 Å². The van der Waals surface area contributed by atoms with E-state index in [4.69, 9.17) is 0 Å². The van der Waals surface area contributed by atoms with E-state index < -0.39 is 0 Å². The number of likely N-dealkylation sites (tertiary alicyclic amines) is 1. The lowest BCUT2D eigenvalue weighted by Crippen LogP contribution is -2.37. The molecule has 1 aromatic rings. The highest BCUT2D eigenvalue weighted by atomic mass is 15.3. The Kier molecular flexibility index (Phi) is 3.74. The second kappa shape index (κ2) is 5.66. The van der Waals surface area contributed by atoms with E-state index >= 15 is 0 Å². The maximum Gasteiger partial charge on any atom is 0.207 e. The molecule has 3 nitrogen and oxygen atoms in total. The molecule has 0 bridgehead atoms. The highest BCUT2D eigenvalue weighted by molar-refractivity contribution is 5.15. The minimum absolute atomic E-state index is 0.642. The topological polar surface area (TPSA) is 9.72 Å². The van der Waals surface area contributed by atoms with Gasteiger partial charge in [0.15, 0.2) is 0 Å². The normalized spacial score (nSPS) is 23.5. The maximum atomic E-state index is 3.29. The van der Waals surface area contributed by atoms with Crippen LogP contribution in [-0.4, -0.2) is 40.9 Å². The van der Waals surface area contributed by atoms with Gasteiger partial charge in [-0.25, -0.2) is 0 Å². The van der Waals surface area contributed by atoms with Gasteiger partial charge in [0.1, 0.15) is 0 Å². The average Bonchev–Trinajstić information content (AvgIpc) is 3.01. The molecule has 1 atom stereocenters. The van der Waals surface area contributed by atoms with Gasteiger partial charge in [-0.05, 0) is 24.9 Å². The zero-order valence-electron chi connectivity index (χ0n) is 11.5. The first-order chi connectivity index (χ1) is 9.31. The molecule has 0 spiro atoms. The molecule has 0 aliphatic carbocycles. The number of hydrogen-bond donors (Lipinski definition) is 0. The molecule has 2 aliphatic heterocycles. The first-order valence-corrected chi connectivity index (χ1v) is 7.03. The van der Waals surface area contributed by atoms with Crippen LogP contribution in [0.3, 0.4) is 0 Å². The Morgan fingerprint density at radius 2 is 2.05 bits per heavy atom. The van der Waals surface area contributed by atoms with Gasteiger partial charge < -0.3 is 9.80 Å². The van der Waals surface area contributed by atoms with E-state index in [1.807, 2.05) is 11.9 Å². The van der Waals surface area contributed by atoms with Crippen LogP contribution >= 0.6 is 0 Å². The van der Waals surface area contributed by atoms with Crippen molar-refractivity contribution in [1.29, 1.82) is 0 Å². The van der Waals surface area contributed by atoms with E-state index in [0.29, 0.717) is 6.04 Å². The van der Waals surface area contributed by atoms with Gasteiger partial charge in [0, 0.05) is 38.6 Å². The summed E-state index contributed by atoms with van der Waals surface area (Å²) in [7, 11) is 2.02. The largest absolute Gasteiger partial charge is 0.349 e. The Bertz CT molecular complexity index is 429. The molecule has 0 saturated carbocycles. The fourth-order valence-electron chi connectivity index (χ4n) is 2.91. The second-order valence-electron chi connectivity index (χ2n) is 5.41. The smallest absolute Gasteiger partial charge is 0.207 e. The molecule has 3 heteroatoms. The Balaban J connectivity index is 1.57. The van der Waals surface area contributed by atoms with Crippen LogP contribution in [0.4, 0.5) is 0 Å². The predicted molar refractivity (Wildman–Crippen MR) is 76.7 cm³/mol. The van der Waals surface area contributed by atoms with Crippen molar-refractivity contribution in [2.24, 2.45) is 0 Å². The zero-order valence-corrected chi connectivity index (χ0v) is 11.5. The van der Waals surface area contributed by atoms with E-state index in [1.165, 1.54) is 24.9 Å². The second-order valence-corrected chi connectivity index (χ2v) is 5.41. The number of nitrogens with zero attached hydrogens (tertiary/aromatic N) is 3. The van der Waals surface area contributed by atoms with Crippen LogP contribution in [-0.2, 0) is 6.54 Å². The predicted octanol–water partition coefficient (Wildman–Crippen LogP) is 2.37. The highest BCUT2D eigenvalue weighted by Crippen LogP contribution is 2.22. The van der Waals surface area contributed by atoms with Gasteiger partial charge in [-0.1, -0.05) is 30.3 Å². The third-order valence-electron chi connectivity index (χ3n) is 3.89. The lowest BCUT2D eigenvalue weighted by molar-refractivity contribution is 0.204. The molecule has 2 heterocycles. The van der Waals surface area contributed by atoms with Crippen molar-refractivity contribution < 1.29 is 0 Å². The summed E-state index contributed by atoms with van der Waals surface area (Å²) in [6.07, 6.45) is 6.77. The minimum Gasteiger partial charge on any atom is -0.349 e. The lowest BCUT2D eigenvalue weighted by Gasteiger charge is -2.28. The summed E-state index contributed by atoms with van der Waals surface area (Å²) in [6, 6.07) is 11.4. The van der Waals surface area contributed by atoms with Crippen molar-refractivity contribution in [3.05, 3.63) is 55.0 Å². The van der Waals surface area contributed by atoms with Crippen LogP contribution in [0.5, 0.6) is 0 Å². The summed E-state index contributed by atoms with van der Waals surface area (Å²) in [4.78, 5) is 6.76. The molecule has 1 fully saturated rings. The molecule has 1 unspecified atom stereocenters. The highest BCUT2D eigenvalue weighted by Gasteiger charge is 2.27. The van der Waals surface area contributed by atoms with Crippen LogP contribution in [0.25, 0.3) is 0 Å². The molecule has 3 rings (SSSR count). The molecule has 2 aliphatic rings. The Morgan fingerprint density at radius 3 is 2.79 bits per heavy atom. The zero-order chi connectivity index (χ0) is 13.1. The summed E-state index contributed by atoms with van der Waals surface area (Å²) in [5, 5.41) is 0. The molecule has 2 radical (unpaired) electrons. The standard InChI is InChI=1S/C16H21N3/c1-17-10-11-18(14-17)13-16-8-5-9-19(16)12-15-6-3-2-4-7-15/h2-4,6-7,10-11,16H,5,8-9,12-13H2,1H3. The van der Waals surface area contributed by atoms with E-state index in [2.05, 4.69) is 59.2 Å². The van der Waals surface area contributed by atoms with E-state index in [0.717, 1.165) is 13.1 Å². The molecule has 19 heavy (non-hydrogen) atoms. The van der Waals surface area contributed by atoms with Crippen LogP contribution in [0.15, 0.2) is 42.7 Å². The molecular weight excluding hydrogens is 234 g/mol. The summed E-state index contributed by atoms with van der Waals surface area (Å²) in [6.45, 7) is 6.63. The van der Waals surface area contributed by atoms with Gasteiger partial charge in [0.2, 0.25) is 6.67 Å². The average molecular weight is 255 g/mol. The third-order valence-corrected chi connectivity index (χ3v) is 3.89. The number of benzene rings is 1. The van der Waals surface area contributed by atoms with Crippen molar-refractivity contribution in [3.8, 4) is 0 Å². The molecule has 0 amide bonds. The summed E-state index contributed by atoms with van der Waals surface area (Å²) < 4.78 is 0. The van der Waals surface area contributed by atoms with Crippen molar-refractivity contribution >= 4 is 0 Å². The lowest BCUT2D eigenvalue weighted by atomic mass is 10.1. The third kappa shape index (κ3) is 3.10. The van der Waals surface area contributed by atoms with Gasteiger partial charge in [0.05, 0.1) is 0 Å². The van der Waals surface area contributed by atoms with Crippen molar-refractivity contribution in [1.82, 2.24) is 14.7 Å². The SMILES string of the molecule is CN1[C]N(CC2CCCN2Cc2ccccc2)C=C1. The fourth-order valence-corrected chi connectivity index (χ4v) is 2.91. The Morgan fingerprint density at radius 1 is 1.21 bits per heavy atom. The van der Waals surface area contributed by atoms with Gasteiger partial charge in [-0.15, -0.1) is 0 Å². The van der Waals surface area contributed by atoms with Gasteiger partial charge in [-0.2, -0.15) is 0 Å². The van der Waals surface area contributed by atoms with Gasteiger partial charge in [-0.3, -0.25) is 4.90 Å². The van der Waals surface area contributed by atoms with Gasteiger partial charge in [0.25, 0.3) is 0 Å². The first-order valence-electron chi connectivity index (χ1n) is 7.03. The van der Waals surface area contributed by atoms with Crippen LogP contribution in [0.1, 0.15) is 18.4 Å². The quantitative estimate of drug-likeness (QED) is 0.818. The monoisotopic (exact) mass is 255 g/mol. The Labute approximate surface area is 116 Å². The minimum atomic E-state index is 0.642. The first kappa shape index (κ1) is 12.5. The van der Waals surface area contributed by atoms with Gasteiger partial charge >= 0.3 is 0 Å². The van der Waals surface area contributed by atoms with Crippen LogP contribution in [0.2, 0.25) is 0 Å². The molecule has 100 valence electrons. The molecular formula is C16H21N3. The molecule has 0 aromatic heterocycles. The summed E-state index contributed by atoms with van der Waals surface area (Å²) >= 11 is 0. The molecule has 1 saturated heterocycles. The molecule has 0 N–H and O–H groups in total. The maximum absolute atomic E-state index is 3.29. The van der Waals surface area contributed by atoms with Crippen molar-refractivity contribution in [3.63, 3.8) is 0 Å². The van der Waals surface area contributed by atoms with Crippen LogP contribution < -0.4 is 0 Å². The number of rotatable bonds is 4. The number of hydrogen-bond acceptors (Lipinski definition) is 3.